The van der Waals surface area contributed by atoms with Gasteiger partial charge in [-0.15, -0.1) is 0 Å². The Morgan fingerprint density at radius 1 is 1.14 bits per heavy atom. The SMILES string of the molecule is O=C(c1cc(Br)c(F)cc1F)N1CCC(C(F)(F)F)CC1. The Morgan fingerprint density at radius 2 is 1.71 bits per heavy atom. The van der Waals surface area contributed by atoms with Crippen molar-refractivity contribution in [3.63, 3.8) is 0 Å². The molecule has 0 aliphatic carbocycles. The number of hydrogen-bond acceptors (Lipinski definition) is 1. The number of halogens is 6. The van der Waals surface area contributed by atoms with Crippen LogP contribution in [0.1, 0.15) is 23.2 Å². The number of hydrogen-bond donors (Lipinski definition) is 0. The summed E-state index contributed by atoms with van der Waals surface area (Å²) in [7, 11) is 0. The van der Waals surface area contributed by atoms with Gasteiger partial charge in [0, 0.05) is 19.2 Å². The third-order valence-electron chi connectivity index (χ3n) is 3.49. The Kier molecular flexibility index (Phi) is 4.55. The summed E-state index contributed by atoms with van der Waals surface area (Å²) in [6.45, 7) is -0.200. The van der Waals surface area contributed by atoms with Crippen molar-refractivity contribution in [1.82, 2.24) is 4.90 Å². The molecule has 1 heterocycles. The van der Waals surface area contributed by atoms with E-state index in [0.717, 1.165) is 11.0 Å². The number of rotatable bonds is 1. The van der Waals surface area contributed by atoms with Gasteiger partial charge in [0.1, 0.15) is 11.6 Å². The minimum absolute atomic E-state index is 0.0718. The van der Waals surface area contributed by atoms with Gasteiger partial charge in [0.05, 0.1) is 16.0 Å². The highest BCUT2D eigenvalue weighted by atomic mass is 79.9. The van der Waals surface area contributed by atoms with Crippen LogP contribution in [-0.4, -0.2) is 30.1 Å². The Morgan fingerprint density at radius 3 is 2.24 bits per heavy atom. The highest BCUT2D eigenvalue weighted by Gasteiger charge is 2.41. The molecule has 1 aromatic rings. The van der Waals surface area contributed by atoms with Gasteiger partial charge in [0.15, 0.2) is 0 Å². The van der Waals surface area contributed by atoms with Gasteiger partial charge in [-0.25, -0.2) is 8.78 Å². The molecule has 1 aliphatic heterocycles. The molecule has 2 nitrogen and oxygen atoms in total. The maximum absolute atomic E-state index is 13.6. The molecule has 0 saturated carbocycles. The van der Waals surface area contributed by atoms with Crippen LogP contribution in [0.5, 0.6) is 0 Å². The van der Waals surface area contributed by atoms with Crippen LogP contribution < -0.4 is 0 Å². The van der Waals surface area contributed by atoms with E-state index in [-0.39, 0.29) is 36.0 Å². The van der Waals surface area contributed by atoms with Crippen LogP contribution in [-0.2, 0) is 0 Å². The van der Waals surface area contributed by atoms with Crippen LogP contribution in [0.3, 0.4) is 0 Å². The lowest BCUT2D eigenvalue weighted by atomic mass is 9.96. The van der Waals surface area contributed by atoms with Crippen LogP contribution in [0.15, 0.2) is 16.6 Å². The molecule has 8 heteroatoms. The number of amides is 1. The van der Waals surface area contributed by atoms with Gasteiger partial charge in [-0.2, -0.15) is 13.2 Å². The van der Waals surface area contributed by atoms with Crippen LogP contribution in [0.4, 0.5) is 22.0 Å². The quantitative estimate of drug-likeness (QED) is 0.536. The third-order valence-corrected chi connectivity index (χ3v) is 4.09. The van der Waals surface area contributed by atoms with E-state index < -0.39 is 29.6 Å². The predicted molar refractivity (Wildman–Crippen MR) is 68.7 cm³/mol. The Hall–Kier alpha value is -1.18. The van der Waals surface area contributed by atoms with Gasteiger partial charge >= 0.3 is 6.18 Å². The molecule has 1 fully saturated rings. The van der Waals surface area contributed by atoms with Gasteiger partial charge < -0.3 is 4.90 Å². The first-order valence-corrected chi connectivity index (χ1v) is 7.00. The molecule has 116 valence electrons. The summed E-state index contributed by atoms with van der Waals surface area (Å²) in [5, 5.41) is 0. The Labute approximate surface area is 126 Å². The standard InChI is InChI=1S/C13H11BrF5NO/c14-9-5-8(10(15)6-11(9)16)12(21)20-3-1-7(2-4-20)13(17,18)19/h5-7H,1-4H2. The summed E-state index contributed by atoms with van der Waals surface area (Å²) in [6, 6.07) is 1.57. The van der Waals surface area contributed by atoms with Crippen LogP contribution in [0.2, 0.25) is 0 Å². The number of nitrogens with zero attached hydrogens (tertiary/aromatic N) is 1. The molecule has 0 aromatic heterocycles. The van der Waals surface area contributed by atoms with Crippen LogP contribution in [0, 0.1) is 17.6 Å². The lowest BCUT2D eigenvalue weighted by molar-refractivity contribution is -0.183. The van der Waals surface area contributed by atoms with Crippen molar-refractivity contribution < 1.29 is 26.7 Å². The second kappa shape index (κ2) is 5.90. The second-order valence-electron chi connectivity index (χ2n) is 4.85. The second-order valence-corrected chi connectivity index (χ2v) is 5.71. The van der Waals surface area contributed by atoms with E-state index in [1.54, 1.807) is 0 Å². The van der Waals surface area contributed by atoms with Gasteiger partial charge in [0.2, 0.25) is 0 Å². The van der Waals surface area contributed by atoms with E-state index in [1.165, 1.54) is 0 Å². The van der Waals surface area contributed by atoms with E-state index in [4.69, 9.17) is 0 Å². The van der Waals surface area contributed by atoms with Crippen LogP contribution >= 0.6 is 15.9 Å². The van der Waals surface area contributed by atoms with Crippen molar-refractivity contribution in [3.05, 3.63) is 33.8 Å². The highest BCUT2D eigenvalue weighted by molar-refractivity contribution is 9.10. The van der Waals surface area contributed by atoms with Gasteiger partial charge in [-0.1, -0.05) is 0 Å². The molecule has 0 radical (unpaired) electrons. The lowest BCUT2D eigenvalue weighted by Gasteiger charge is -2.33. The van der Waals surface area contributed by atoms with E-state index in [0.29, 0.717) is 6.07 Å². The summed E-state index contributed by atoms with van der Waals surface area (Å²) >= 11 is 2.85. The molecule has 1 aliphatic rings. The summed E-state index contributed by atoms with van der Waals surface area (Å²) in [6.07, 6.45) is -4.70. The average molecular weight is 372 g/mol. The fourth-order valence-corrected chi connectivity index (χ4v) is 2.61. The van der Waals surface area contributed by atoms with Crippen molar-refractivity contribution in [2.24, 2.45) is 5.92 Å². The van der Waals surface area contributed by atoms with Gasteiger partial charge in [-0.05, 0) is 34.8 Å². The first kappa shape index (κ1) is 16.2. The van der Waals surface area contributed by atoms with Crippen molar-refractivity contribution in [3.8, 4) is 0 Å². The third kappa shape index (κ3) is 3.53. The summed E-state index contributed by atoms with van der Waals surface area (Å²) < 4.78 is 64.3. The lowest BCUT2D eigenvalue weighted by Crippen LogP contribution is -2.42. The summed E-state index contributed by atoms with van der Waals surface area (Å²) in [5.41, 5.74) is -0.353. The number of likely N-dealkylation sites (tertiary alicyclic amines) is 1. The molecule has 1 saturated heterocycles. The largest absolute Gasteiger partial charge is 0.391 e. The smallest absolute Gasteiger partial charge is 0.339 e. The van der Waals surface area contributed by atoms with Gasteiger partial charge in [0.25, 0.3) is 5.91 Å². The molecule has 21 heavy (non-hydrogen) atoms. The topological polar surface area (TPSA) is 20.3 Å². The minimum atomic E-state index is -4.28. The number of carbonyl (C=O) groups is 1. The molecule has 0 unspecified atom stereocenters. The molecule has 0 spiro atoms. The first-order chi connectivity index (χ1) is 9.70. The zero-order chi connectivity index (χ0) is 15.8. The summed E-state index contributed by atoms with van der Waals surface area (Å²) in [5.74, 6) is -4.04. The van der Waals surface area contributed by atoms with E-state index in [1.807, 2.05) is 0 Å². The number of carbonyl (C=O) groups excluding carboxylic acids is 1. The molecular weight excluding hydrogens is 361 g/mol. The minimum Gasteiger partial charge on any atom is -0.339 e. The molecule has 2 rings (SSSR count). The maximum atomic E-state index is 13.6. The van der Waals surface area contributed by atoms with Gasteiger partial charge in [-0.3, -0.25) is 4.79 Å². The van der Waals surface area contributed by atoms with E-state index in [9.17, 15) is 26.7 Å². The van der Waals surface area contributed by atoms with Crippen molar-refractivity contribution in [1.29, 1.82) is 0 Å². The zero-order valence-corrected chi connectivity index (χ0v) is 12.3. The van der Waals surface area contributed by atoms with Crippen molar-refractivity contribution in [2.45, 2.75) is 19.0 Å². The monoisotopic (exact) mass is 371 g/mol. The fraction of sp³-hybridized carbons (Fsp3) is 0.462. The van der Waals surface area contributed by atoms with Crippen molar-refractivity contribution in [2.75, 3.05) is 13.1 Å². The van der Waals surface area contributed by atoms with E-state index >= 15 is 0 Å². The molecular formula is C13H11BrF5NO. The molecule has 0 atom stereocenters. The summed E-state index contributed by atoms with van der Waals surface area (Å²) in [4.78, 5) is 13.3. The molecule has 1 aromatic carbocycles. The number of piperidine rings is 1. The fourth-order valence-electron chi connectivity index (χ4n) is 2.27. The number of benzene rings is 1. The highest BCUT2D eigenvalue weighted by Crippen LogP contribution is 2.34. The Balaban J connectivity index is 2.11. The molecule has 1 amide bonds. The predicted octanol–water partition coefficient (Wildman–Crippen LogP) is 4.14. The Bertz CT molecular complexity index is 552. The average Bonchev–Trinajstić information content (AvgIpc) is 2.41. The first-order valence-electron chi connectivity index (χ1n) is 6.20. The zero-order valence-electron chi connectivity index (χ0n) is 10.7. The molecule has 0 N–H and O–H groups in total. The maximum Gasteiger partial charge on any atom is 0.391 e. The number of alkyl halides is 3. The molecule has 0 bridgehead atoms. The van der Waals surface area contributed by atoms with Crippen molar-refractivity contribution >= 4 is 21.8 Å². The normalized spacial score (nSPS) is 17.1. The van der Waals surface area contributed by atoms with Crippen LogP contribution in [0.25, 0.3) is 0 Å². The van der Waals surface area contributed by atoms with E-state index in [2.05, 4.69) is 15.9 Å².